The number of carbonyl (C=O) groups is 1. The smallest absolute Gasteiger partial charge is 0.317 e. The third-order valence-corrected chi connectivity index (χ3v) is 1.79. The van der Waals surface area contributed by atoms with Gasteiger partial charge in [-0.15, -0.1) is 0 Å². The van der Waals surface area contributed by atoms with E-state index in [9.17, 15) is 4.79 Å². The molecule has 0 aromatic carbocycles. The monoisotopic (exact) mass is 220 g/mol. The van der Waals surface area contributed by atoms with Crippen molar-refractivity contribution >= 4 is 5.97 Å². The Balaban J connectivity index is 0. The largest absolute Gasteiger partial charge is 0.480 e. The Morgan fingerprint density at radius 3 is 2.07 bits per heavy atom. The van der Waals surface area contributed by atoms with Crippen LogP contribution in [0.2, 0.25) is 0 Å². The molecule has 5 heteroatoms. The maximum Gasteiger partial charge on any atom is 0.317 e. The highest BCUT2D eigenvalue weighted by Gasteiger charge is 1.88. The van der Waals surface area contributed by atoms with Gasteiger partial charge in [-0.2, -0.15) is 0 Å². The molecule has 5 N–H and O–H groups in total. The number of aliphatic carboxylic acids is 1. The van der Waals surface area contributed by atoms with Gasteiger partial charge >= 0.3 is 5.97 Å². The Hall–Kier alpha value is -0.650. The van der Waals surface area contributed by atoms with Gasteiger partial charge in [-0.3, -0.25) is 4.79 Å². The number of carboxylic acid groups (broad SMARTS) is 1. The lowest BCUT2D eigenvalue weighted by Gasteiger charge is -1.98. The second-order valence-corrected chi connectivity index (χ2v) is 3.24. The van der Waals surface area contributed by atoms with Gasteiger partial charge < -0.3 is 15.7 Å². The molecule has 0 unspecified atom stereocenters. The van der Waals surface area contributed by atoms with E-state index < -0.39 is 5.97 Å². The van der Waals surface area contributed by atoms with E-state index in [1.54, 1.807) is 0 Å². The van der Waals surface area contributed by atoms with Crippen LogP contribution in [-0.2, 0) is 9.63 Å². The summed E-state index contributed by atoms with van der Waals surface area (Å²) in [7, 11) is 0. The highest BCUT2D eigenvalue weighted by atomic mass is 16.6. The van der Waals surface area contributed by atoms with Gasteiger partial charge in [0.15, 0.2) is 0 Å². The molecule has 92 valence electrons. The van der Waals surface area contributed by atoms with E-state index in [1.807, 2.05) is 0 Å². The van der Waals surface area contributed by atoms with Gasteiger partial charge in [-0.05, 0) is 6.42 Å². The van der Waals surface area contributed by atoms with Crippen LogP contribution < -0.4 is 11.6 Å². The fourth-order valence-electron chi connectivity index (χ4n) is 0.966. The second-order valence-electron chi connectivity index (χ2n) is 3.24. The lowest BCUT2D eigenvalue weighted by molar-refractivity contribution is -0.135. The first kappa shape index (κ1) is 16.8. The summed E-state index contributed by atoms with van der Waals surface area (Å²) in [4.78, 5) is 13.7. The van der Waals surface area contributed by atoms with Crippen LogP contribution >= 0.6 is 0 Å². The molecule has 0 heterocycles. The first-order valence-corrected chi connectivity index (χ1v) is 5.42. The molecule has 0 aromatic heterocycles. The summed E-state index contributed by atoms with van der Waals surface area (Å²) in [5.41, 5.74) is 4.57. The summed E-state index contributed by atoms with van der Waals surface area (Å²) in [6, 6.07) is 0. The molecule has 0 fully saturated rings. The normalized spacial score (nSPS) is 9.27. The standard InChI is InChI=1S/C8H19NO.C2H5NO2/c1-2-3-4-5-6-7-8-10-9;3-1-2(4)5/h2-9H2,1H3;1,3H2,(H,4,5). The molecular weight excluding hydrogens is 196 g/mol. The molecular formula is C10H24N2O3. The summed E-state index contributed by atoms with van der Waals surface area (Å²) in [5.74, 6) is 3.90. The Labute approximate surface area is 91.7 Å². The van der Waals surface area contributed by atoms with E-state index >= 15 is 0 Å². The Morgan fingerprint density at radius 2 is 1.67 bits per heavy atom. The van der Waals surface area contributed by atoms with Gasteiger partial charge in [0.1, 0.15) is 0 Å². The minimum atomic E-state index is -0.968. The van der Waals surface area contributed by atoms with Crippen LogP contribution in [-0.4, -0.2) is 24.2 Å². The van der Waals surface area contributed by atoms with Crippen molar-refractivity contribution in [3.05, 3.63) is 0 Å². The molecule has 0 rings (SSSR count). The fraction of sp³-hybridized carbons (Fsp3) is 0.900. The zero-order valence-corrected chi connectivity index (χ0v) is 9.58. The molecule has 5 nitrogen and oxygen atoms in total. The van der Waals surface area contributed by atoms with Crippen LogP contribution in [0, 0.1) is 0 Å². The summed E-state index contributed by atoms with van der Waals surface area (Å²) >= 11 is 0. The van der Waals surface area contributed by atoms with Crippen molar-refractivity contribution in [1.29, 1.82) is 0 Å². The van der Waals surface area contributed by atoms with Crippen molar-refractivity contribution in [2.24, 2.45) is 11.6 Å². The van der Waals surface area contributed by atoms with Crippen LogP contribution in [0.5, 0.6) is 0 Å². The van der Waals surface area contributed by atoms with Crippen LogP contribution in [0.15, 0.2) is 0 Å². The molecule has 0 saturated heterocycles. The van der Waals surface area contributed by atoms with Crippen LogP contribution in [0.1, 0.15) is 45.4 Å². The number of unbranched alkanes of at least 4 members (excludes halogenated alkanes) is 5. The predicted molar refractivity (Wildman–Crippen MR) is 60.2 cm³/mol. The predicted octanol–water partition coefficient (Wildman–Crippen LogP) is 1.27. The van der Waals surface area contributed by atoms with Crippen LogP contribution in [0.25, 0.3) is 0 Å². The molecule has 0 atom stereocenters. The van der Waals surface area contributed by atoms with E-state index in [0.717, 1.165) is 6.42 Å². The van der Waals surface area contributed by atoms with Gasteiger partial charge in [0.05, 0.1) is 13.2 Å². The van der Waals surface area contributed by atoms with Crippen molar-refractivity contribution in [3.8, 4) is 0 Å². The van der Waals surface area contributed by atoms with E-state index in [0.29, 0.717) is 6.61 Å². The van der Waals surface area contributed by atoms with Gasteiger partial charge in [-0.1, -0.05) is 39.0 Å². The molecule has 0 aliphatic heterocycles. The van der Waals surface area contributed by atoms with Gasteiger partial charge in [0, 0.05) is 0 Å². The highest BCUT2D eigenvalue weighted by molar-refractivity contribution is 5.68. The molecule has 0 amide bonds. The van der Waals surface area contributed by atoms with E-state index in [-0.39, 0.29) is 6.54 Å². The zero-order chi connectivity index (χ0) is 11.9. The lowest BCUT2D eigenvalue weighted by Crippen LogP contribution is -2.10. The fourth-order valence-corrected chi connectivity index (χ4v) is 0.966. The van der Waals surface area contributed by atoms with Crippen molar-refractivity contribution < 1.29 is 14.7 Å². The van der Waals surface area contributed by atoms with Gasteiger partial charge in [0.2, 0.25) is 0 Å². The Bertz CT molecular complexity index is 124. The third kappa shape index (κ3) is 24.7. The third-order valence-electron chi connectivity index (χ3n) is 1.79. The van der Waals surface area contributed by atoms with Crippen molar-refractivity contribution in [1.82, 2.24) is 0 Å². The molecule has 0 spiro atoms. The number of carboxylic acids is 1. The van der Waals surface area contributed by atoms with E-state index in [1.165, 1.54) is 32.1 Å². The van der Waals surface area contributed by atoms with E-state index in [2.05, 4.69) is 17.5 Å². The maximum absolute atomic E-state index is 9.24. The Kier molecular flexibility index (Phi) is 17.7. The van der Waals surface area contributed by atoms with Crippen molar-refractivity contribution in [2.75, 3.05) is 13.2 Å². The average Bonchev–Trinajstić information content (AvgIpc) is 2.24. The summed E-state index contributed by atoms with van der Waals surface area (Å²) in [6.45, 7) is 2.66. The molecule has 15 heavy (non-hydrogen) atoms. The van der Waals surface area contributed by atoms with Crippen LogP contribution in [0.3, 0.4) is 0 Å². The average molecular weight is 220 g/mol. The molecule has 0 aliphatic carbocycles. The number of rotatable bonds is 8. The second kappa shape index (κ2) is 15.8. The minimum Gasteiger partial charge on any atom is -0.480 e. The topological polar surface area (TPSA) is 98.6 Å². The van der Waals surface area contributed by atoms with Gasteiger partial charge in [0.25, 0.3) is 0 Å². The minimum absolute atomic E-state index is 0.278. The zero-order valence-electron chi connectivity index (χ0n) is 9.58. The summed E-state index contributed by atoms with van der Waals surface area (Å²) in [5, 5.41) is 7.60. The lowest BCUT2D eigenvalue weighted by atomic mass is 10.1. The number of hydrogen-bond acceptors (Lipinski definition) is 4. The molecule has 0 aliphatic rings. The highest BCUT2D eigenvalue weighted by Crippen LogP contribution is 2.04. The number of nitrogens with two attached hydrogens (primary N) is 2. The number of hydrogen-bond donors (Lipinski definition) is 3. The summed E-state index contributed by atoms with van der Waals surface area (Å²) in [6.07, 6.45) is 7.74. The quantitative estimate of drug-likeness (QED) is 0.422. The SMILES string of the molecule is CCCCCCCCON.NCC(=O)O. The molecule has 0 aromatic rings. The summed E-state index contributed by atoms with van der Waals surface area (Å²) < 4.78 is 0. The van der Waals surface area contributed by atoms with Crippen molar-refractivity contribution in [3.63, 3.8) is 0 Å². The Morgan fingerprint density at radius 1 is 1.20 bits per heavy atom. The van der Waals surface area contributed by atoms with E-state index in [4.69, 9.17) is 11.0 Å². The maximum atomic E-state index is 9.24. The molecule has 0 bridgehead atoms. The molecule has 0 saturated carbocycles. The van der Waals surface area contributed by atoms with Crippen LogP contribution in [0.4, 0.5) is 0 Å². The first-order chi connectivity index (χ1) is 7.18. The first-order valence-electron chi connectivity index (χ1n) is 5.42. The van der Waals surface area contributed by atoms with Gasteiger partial charge in [-0.25, -0.2) is 5.90 Å². The molecule has 0 radical (unpaired) electrons. The van der Waals surface area contributed by atoms with Crippen molar-refractivity contribution in [2.45, 2.75) is 45.4 Å².